The van der Waals surface area contributed by atoms with Gasteiger partial charge in [0.2, 0.25) is 0 Å². The number of nitrogens with zero attached hydrogens (tertiary/aromatic N) is 1. The number of hydrogen-bond acceptors (Lipinski definition) is 2. The van der Waals surface area contributed by atoms with Crippen molar-refractivity contribution in [1.29, 1.82) is 0 Å². The Kier molecular flexibility index (Phi) is 3.83. The van der Waals surface area contributed by atoms with Gasteiger partial charge in [0.05, 0.1) is 12.2 Å². The molecule has 0 radical (unpaired) electrons. The van der Waals surface area contributed by atoms with Crippen LogP contribution in [0.2, 0.25) is 0 Å². The third kappa shape index (κ3) is 3.01. The van der Waals surface area contributed by atoms with E-state index in [1.165, 1.54) is 0 Å². The number of amides is 1. The van der Waals surface area contributed by atoms with E-state index in [2.05, 4.69) is 0 Å². The Hall–Kier alpha value is 0.01000. The molecule has 0 N–H and O–H groups in total. The molecule has 13 heavy (non-hydrogen) atoms. The number of hydrogen-bond donors (Lipinski definition) is 0. The zero-order valence-corrected chi connectivity index (χ0v) is 9.18. The largest absolute Gasteiger partial charge is 0.372 e. The first kappa shape index (κ1) is 11.1. The quantitative estimate of drug-likeness (QED) is 0.633. The number of rotatable bonds is 1. The molecule has 5 heteroatoms. The van der Waals surface area contributed by atoms with Crippen molar-refractivity contribution in [2.24, 2.45) is 0 Å². The minimum atomic E-state index is -0.961. The van der Waals surface area contributed by atoms with E-state index in [-0.39, 0.29) is 18.1 Å². The summed E-state index contributed by atoms with van der Waals surface area (Å²) in [5.74, 6) is -0.231. The lowest BCUT2D eigenvalue weighted by atomic mass is 10.2. The van der Waals surface area contributed by atoms with Gasteiger partial charge in [-0.05, 0) is 13.8 Å². The van der Waals surface area contributed by atoms with Crippen molar-refractivity contribution in [3.63, 3.8) is 0 Å². The lowest BCUT2D eigenvalue weighted by Gasteiger charge is -2.35. The smallest absolute Gasteiger partial charge is 0.256 e. The number of alkyl halides is 2. The molecule has 1 rings (SSSR count). The third-order valence-electron chi connectivity index (χ3n) is 1.92. The Bertz CT molecular complexity index is 189. The molecule has 2 atom stereocenters. The van der Waals surface area contributed by atoms with Crippen LogP contribution in [-0.4, -0.2) is 40.9 Å². The van der Waals surface area contributed by atoms with Crippen LogP contribution in [0.15, 0.2) is 0 Å². The van der Waals surface area contributed by atoms with Crippen LogP contribution in [0.1, 0.15) is 13.8 Å². The first-order valence-electron chi connectivity index (χ1n) is 4.23. The maximum atomic E-state index is 11.4. The molecule has 0 bridgehead atoms. The third-order valence-corrected chi connectivity index (χ3v) is 2.29. The second kappa shape index (κ2) is 4.49. The van der Waals surface area contributed by atoms with Crippen LogP contribution in [0.4, 0.5) is 0 Å². The van der Waals surface area contributed by atoms with Gasteiger partial charge in [-0.1, -0.05) is 23.2 Å². The van der Waals surface area contributed by atoms with E-state index in [9.17, 15) is 4.79 Å². The highest BCUT2D eigenvalue weighted by Gasteiger charge is 2.28. The molecule has 0 spiro atoms. The van der Waals surface area contributed by atoms with Gasteiger partial charge < -0.3 is 9.64 Å². The lowest BCUT2D eigenvalue weighted by Crippen LogP contribution is -2.49. The Labute approximate surface area is 87.9 Å². The zero-order chi connectivity index (χ0) is 10.0. The Morgan fingerprint density at radius 1 is 1.38 bits per heavy atom. The molecular weight excluding hydrogens is 213 g/mol. The van der Waals surface area contributed by atoms with E-state index >= 15 is 0 Å². The molecule has 76 valence electrons. The minimum absolute atomic E-state index is 0.0554. The summed E-state index contributed by atoms with van der Waals surface area (Å²) in [7, 11) is 0. The van der Waals surface area contributed by atoms with Gasteiger partial charge in [0.1, 0.15) is 0 Å². The summed E-state index contributed by atoms with van der Waals surface area (Å²) in [4.78, 5) is 12.1. The van der Waals surface area contributed by atoms with E-state index < -0.39 is 4.84 Å². The average Bonchev–Trinajstić information content (AvgIpc) is 2.01. The van der Waals surface area contributed by atoms with Crippen LogP contribution in [0.3, 0.4) is 0 Å². The van der Waals surface area contributed by atoms with Crippen molar-refractivity contribution >= 4 is 29.1 Å². The molecule has 1 aliphatic heterocycles. The standard InChI is InChI=1S/C8H13Cl2NO2/c1-5-3-11(4-6(2)13-5)8(12)7(9)10/h5-7H,3-4H2,1-2H3/t5-,6-/m0/s1. The fraction of sp³-hybridized carbons (Fsp3) is 0.875. The summed E-state index contributed by atoms with van der Waals surface area (Å²) in [5.41, 5.74) is 0. The number of carbonyl (C=O) groups is 1. The summed E-state index contributed by atoms with van der Waals surface area (Å²) in [5, 5.41) is 0. The molecule has 1 saturated heterocycles. The molecule has 0 aromatic rings. The first-order valence-corrected chi connectivity index (χ1v) is 5.10. The minimum Gasteiger partial charge on any atom is -0.372 e. The summed E-state index contributed by atoms with van der Waals surface area (Å²) >= 11 is 11.0. The average molecular weight is 226 g/mol. The van der Waals surface area contributed by atoms with E-state index in [0.29, 0.717) is 13.1 Å². The molecule has 1 fully saturated rings. The number of morpholine rings is 1. The predicted molar refractivity (Wildman–Crippen MR) is 52.1 cm³/mol. The van der Waals surface area contributed by atoms with E-state index in [4.69, 9.17) is 27.9 Å². The number of carbonyl (C=O) groups excluding carboxylic acids is 1. The Balaban J connectivity index is 2.55. The number of halogens is 2. The second-order valence-corrected chi connectivity index (χ2v) is 4.40. The lowest BCUT2D eigenvalue weighted by molar-refractivity contribution is -0.141. The highest BCUT2D eigenvalue weighted by atomic mass is 35.5. The normalized spacial score (nSPS) is 29.5. The van der Waals surface area contributed by atoms with Gasteiger partial charge in [0.25, 0.3) is 5.91 Å². The molecule has 3 nitrogen and oxygen atoms in total. The molecule has 0 aromatic heterocycles. The molecule has 1 heterocycles. The van der Waals surface area contributed by atoms with Crippen LogP contribution in [0.5, 0.6) is 0 Å². The second-order valence-electron chi connectivity index (χ2n) is 3.30. The van der Waals surface area contributed by atoms with Crippen LogP contribution < -0.4 is 0 Å². The molecule has 0 aliphatic carbocycles. The summed E-state index contributed by atoms with van der Waals surface area (Å²) in [6, 6.07) is 0. The maximum Gasteiger partial charge on any atom is 0.256 e. The van der Waals surface area contributed by atoms with Crippen molar-refractivity contribution in [2.75, 3.05) is 13.1 Å². The van der Waals surface area contributed by atoms with Gasteiger partial charge in [0, 0.05) is 13.1 Å². The predicted octanol–water partition coefficient (Wildman–Crippen LogP) is 1.43. The van der Waals surface area contributed by atoms with Gasteiger partial charge in [-0.15, -0.1) is 0 Å². The maximum absolute atomic E-state index is 11.4. The SMILES string of the molecule is C[C@H]1CN(C(=O)C(Cl)Cl)C[C@H](C)O1. The van der Waals surface area contributed by atoms with Crippen molar-refractivity contribution in [3.8, 4) is 0 Å². The van der Waals surface area contributed by atoms with E-state index in [1.54, 1.807) is 4.90 Å². The fourth-order valence-electron chi connectivity index (χ4n) is 1.50. The molecule has 0 saturated carbocycles. The summed E-state index contributed by atoms with van der Waals surface area (Å²) in [6.07, 6.45) is 0.111. The van der Waals surface area contributed by atoms with Crippen LogP contribution in [0, 0.1) is 0 Å². The molecule has 1 aliphatic rings. The van der Waals surface area contributed by atoms with Crippen molar-refractivity contribution in [3.05, 3.63) is 0 Å². The van der Waals surface area contributed by atoms with Gasteiger partial charge in [-0.25, -0.2) is 0 Å². The Morgan fingerprint density at radius 2 is 1.85 bits per heavy atom. The van der Waals surface area contributed by atoms with Crippen molar-refractivity contribution in [1.82, 2.24) is 4.90 Å². The highest BCUT2D eigenvalue weighted by Crippen LogP contribution is 2.14. The molecule has 0 unspecified atom stereocenters. The summed E-state index contributed by atoms with van der Waals surface area (Å²) < 4.78 is 5.47. The van der Waals surface area contributed by atoms with E-state index in [0.717, 1.165) is 0 Å². The van der Waals surface area contributed by atoms with Crippen molar-refractivity contribution < 1.29 is 9.53 Å². The van der Waals surface area contributed by atoms with Gasteiger partial charge >= 0.3 is 0 Å². The molecule has 1 amide bonds. The van der Waals surface area contributed by atoms with Gasteiger partial charge in [-0.2, -0.15) is 0 Å². The molecule has 0 aromatic carbocycles. The number of ether oxygens (including phenoxy) is 1. The highest BCUT2D eigenvalue weighted by molar-refractivity contribution is 6.53. The topological polar surface area (TPSA) is 29.5 Å². The van der Waals surface area contributed by atoms with Crippen LogP contribution >= 0.6 is 23.2 Å². The fourth-order valence-corrected chi connectivity index (χ4v) is 1.77. The Morgan fingerprint density at radius 3 is 2.23 bits per heavy atom. The molecular formula is C8H13Cl2NO2. The van der Waals surface area contributed by atoms with E-state index in [1.807, 2.05) is 13.8 Å². The monoisotopic (exact) mass is 225 g/mol. The first-order chi connectivity index (χ1) is 6.00. The zero-order valence-electron chi connectivity index (χ0n) is 7.67. The van der Waals surface area contributed by atoms with Crippen LogP contribution in [-0.2, 0) is 9.53 Å². The van der Waals surface area contributed by atoms with Gasteiger partial charge in [0.15, 0.2) is 4.84 Å². The van der Waals surface area contributed by atoms with Crippen molar-refractivity contribution in [2.45, 2.75) is 30.9 Å². The van der Waals surface area contributed by atoms with Crippen LogP contribution in [0.25, 0.3) is 0 Å². The summed E-state index contributed by atoms with van der Waals surface area (Å²) in [6.45, 7) is 4.99. The van der Waals surface area contributed by atoms with Gasteiger partial charge in [-0.3, -0.25) is 4.79 Å².